The van der Waals surface area contributed by atoms with Crippen molar-refractivity contribution >= 4 is 0 Å². The van der Waals surface area contributed by atoms with E-state index in [1.54, 1.807) is 0 Å². The van der Waals surface area contributed by atoms with Gasteiger partial charge in [0.15, 0.2) is 0 Å². The van der Waals surface area contributed by atoms with Gasteiger partial charge in [-0.15, -0.1) is 0 Å². The number of rotatable bonds is 4. The molecule has 1 saturated carbocycles. The number of nitrogens with zero attached hydrogens (tertiary/aromatic N) is 1. The van der Waals surface area contributed by atoms with Crippen LogP contribution >= 0.6 is 0 Å². The minimum atomic E-state index is -4.01. The second-order valence-electron chi connectivity index (χ2n) is 5.93. The SMILES string of the molecule is CCN1CCCC1CNC1CCCC(C(F)(F)F)C1. The van der Waals surface area contributed by atoms with Crippen molar-refractivity contribution in [3.05, 3.63) is 0 Å². The minimum absolute atomic E-state index is 0.0553. The summed E-state index contributed by atoms with van der Waals surface area (Å²) in [6.07, 6.45) is 0.555. The van der Waals surface area contributed by atoms with Crippen LogP contribution in [0.25, 0.3) is 0 Å². The molecule has 0 radical (unpaired) electrons. The third-order valence-electron chi connectivity index (χ3n) is 4.68. The van der Waals surface area contributed by atoms with E-state index in [0.29, 0.717) is 18.9 Å². The highest BCUT2D eigenvalue weighted by Gasteiger charge is 2.42. The molecule has 0 aromatic carbocycles. The molecule has 1 N–H and O–H groups in total. The Bertz CT molecular complexity index is 280. The molecule has 0 aromatic heterocycles. The summed E-state index contributed by atoms with van der Waals surface area (Å²) < 4.78 is 38.2. The van der Waals surface area contributed by atoms with Gasteiger partial charge >= 0.3 is 6.18 Å². The third-order valence-corrected chi connectivity index (χ3v) is 4.68. The van der Waals surface area contributed by atoms with Gasteiger partial charge in [0.25, 0.3) is 0 Å². The standard InChI is InChI=1S/C14H25F3N2/c1-2-19-8-4-7-13(19)10-18-12-6-3-5-11(9-12)14(15,16)17/h11-13,18H,2-10H2,1H3. The normalized spacial score (nSPS) is 33.8. The molecule has 2 nitrogen and oxygen atoms in total. The Labute approximate surface area is 113 Å². The smallest absolute Gasteiger partial charge is 0.312 e. The van der Waals surface area contributed by atoms with Crippen molar-refractivity contribution in [2.45, 2.75) is 63.7 Å². The Morgan fingerprint density at radius 1 is 1.16 bits per heavy atom. The molecule has 1 saturated heterocycles. The summed E-state index contributed by atoms with van der Waals surface area (Å²) in [5.41, 5.74) is 0. The van der Waals surface area contributed by atoms with Crippen molar-refractivity contribution in [1.29, 1.82) is 0 Å². The highest BCUT2D eigenvalue weighted by molar-refractivity contribution is 4.85. The van der Waals surface area contributed by atoms with Gasteiger partial charge in [0, 0.05) is 18.6 Å². The summed E-state index contributed by atoms with van der Waals surface area (Å²) in [6, 6.07) is 0.580. The maximum absolute atomic E-state index is 12.7. The summed E-state index contributed by atoms with van der Waals surface area (Å²) in [4.78, 5) is 2.43. The van der Waals surface area contributed by atoms with E-state index < -0.39 is 12.1 Å². The summed E-state index contributed by atoms with van der Waals surface area (Å²) in [7, 11) is 0. The molecular formula is C14H25F3N2. The molecule has 112 valence electrons. The first-order chi connectivity index (χ1) is 9.00. The van der Waals surface area contributed by atoms with E-state index in [9.17, 15) is 13.2 Å². The zero-order chi connectivity index (χ0) is 13.9. The Morgan fingerprint density at radius 3 is 2.63 bits per heavy atom. The van der Waals surface area contributed by atoms with E-state index in [2.05, 4.69) is 17.1 Å². The Balaban J connectivity index is 1.76. The summed E-state index contributed by atoms with van der Waals surface area (Å²) in [5, 5.41) is 3.39. The summed E-state index contributed by atoms with van der Waals surface area (Å²) >= 11 is 0. The van der Waals surface area contributed by atoms with Crippen molar-refractivity contribution in [3.63, 3.8) is 0 Å². The maximum Gasteiger partial charge on any atom is 0.391 e. The topological polar surface area (TPSA) is 15.3 Å². The summed E-state index contributed by atoms with van der Waals surface area (Å²) in [6.45, 7) is 5.18. The average Bonchev–Trinajstić information content (AvgIpc) is 2.83. The molecule has 1 aliphatic carbocycles. The highest BCUT2D eigenvalue weighted by Crippen LogP contribution is 2.37. The fourth-order valence-electron chi connectivity index (χ4n) is 3.52. The lowest BCUT2D eigenvalue weighted by atomic mass is 9.85. The van der Waals surface area contributed by atoms with Crippen LogP contribution in [0.15, 0.2) is 0 Å². The van der Waals surface area contributed by atoms with Gasteiger partial charge < -0.3 is 5.32 Å². The van der Waals surface area contributed by atoms with Crippen LogP contribution in [0.3, 0.4) is 0 Å². The number of likely N-dealkylation sites (tertiary alicyclic amines) is 1. The van der Waals surface area contributed by atoms with Crippen LogP contribution in [-0.4, -0.2) is 42.8 Å². The molecule has 0 aromatic rings. The monoisotopic (exact) mass is 278 g/mol. The predicted octanol–water partition coefficient (Wildman–Crippen LogP) is 3.18. The van der Waals surface area contributed by atoms with Crippen LogP contribution in [-0.2, 0) is 0 Å². The molecule has 3 atom stereocenters. The van der Waals surface area contributed by atoms with Crippen LogP contribution in [0.5, 0.6) is 0 Å². The molecule has 1 aliphatic heterocycles. The molecule has 5 heteroatoms. The van der Waals surface area contributed by atoms with Crippen molar-refractivity contribution in [3.8, 4) is 0 Å². The molecule has 0 spiro atoms. The van der Waals surface area contributed by atoms with Gasteiger partial charge in [0.05, 0.1) is 5.92 Å². The highest BCUT2D eigenvalue weighted by atomic mass is 19.4. The van der Waals surface area contributed by atoms with Crippen LogP contribution < -0.4 is 5.32 Å². The lowest BCUT2D eigenvalue weighted by molar-refractivity contribution is -0.183. The molecule has 0 bridgehead atoms. The predicted molar refractivity (Wildman–Crippen MR) is 70.1 cm³/mol. The summed E-state index contributed by atoms with van der Waals surface area (Å²) in [5.74, 6) is -1.09. The largest absolute Gasteiger partial charge is 0.391 e. The van der Waals surface area contributed by atoms with Crippen LogP contribution in [0.2, 0.25) is 0 Å². The Morgan fingerprint density at radius 2 is 1.95 bits per heavy atom. The van der Waals surface area contributed by atoms with E-state index in [-0.39, 0.29) is 12.5 Å². The molecule has 2 fully saturated rings. The van der Waals surface area contributed by atoms with Gasteiger partial charge in [-0.05, 0) is 45.2 Å². The van der Waals surface area contributed by atoms with Gasteiger partial charge in [0.1, 0.15) is 0 Å². The molecule has 3 unspecified atom stereocenters. The number of likely N-dealkylation sites (N-methyl/N-ethyl adjacent to an activating group) is 1. The number of hydrogen-bond acceptors (Lipinski definition) is 2. The fourth-order valence-corrected chi connectivity index (χ4v) is 3.52. The van der Waals surface area contributed by atoms with E-state index in [0.717, 1.165) is 26.1 Å². The molecular weight excluding hydrogens is 253 g/mol. The second kappa shape index (κ2) is 6.44. The quantitative estimate of drug-likeness (QED) is 0.849. The molecule has 2 rings (SSSR count). The zero-order valence-electron chi connectivity index (χ0n) is 11.7. The van der Waals surface area contributed by atoms with Crippen LogP contribution in [0.1, 0.15) is 45.4 Å². The van der Waals surface area contributed by atoms with Crippen molar-refractivity contribution in [2.24, 2.45) is 5.92 Å². The number of halogens is 3. The van der Waals surface area contributed by atoms with Crippen molar-refractivity contribution in [2.75, 3.05) is 19.6 Å². The first-order valence-corrected chi connectivity index (χ1v) is 7.55. The van der Waals surface area contributed by atoms with Gasteiger partial charge in [0.2, 0.25) is 0 Å². The molecule has 0 amide bonds. The number of alkyl halides is 3. The van der Waals surface area contributed by atoms with E-state index >= 15 is 0 Å². The molecule has 1 heterocycles. The van der Waals surface area contributed by atoms with Crippen LogP contribution in [0, 0.1) is 5.92 Å². The zero-order valence-corrected chi connectivity index (χ0v) is 11.7. The maximum atomic E-state index is 12.7. The van der Waals surface area contributed by atoms with Crippen molar-refractivity contribution < 1.29 is 13.2 Å². The Kier molecular flexibility index (Phi) is 5.12. The van der Waals surface area contributed by atoms with E-state index in [4.69, 9.17) is 0 Å². The average molecular weight is 278 g/mol. The molecule has 2 aliphatic rings. The van der Waals surface area contributed by atoms with Crippen LogP contribution in [0.4, 0.5) is 13.2 Å². The van der Waals surface area contributed by atoms with Gasteiger partial charge in [-0.2, -0.15) is 13.2 Å². The minimum Gasteiger partial charge on any atom is -0.312 e. The fraction of sp³-hybridized carbons (Fsp3) is 1.00. The first kappa shape index (κ1) is 15.1. The second-order valence-corrected chi connectivity index (χ2v) is 5.93. The van der Waals surface area contributed by atoms with Gasteiger partial charge in [-0.25, -0.2) is 0 Å². The Hall–Kier alpha value is -0.290. The third kappa shape index (κ3) is 4.09. The lowest BCUT2D eigenvalue weighted by Crippen LogP contribution is -2.44. The number of hydrogen-bond donors (Lipinski definition) is 1. The number of nitrogens with one attached hydrogen (secondary N) is 1. The molecule has 19 heavy (non-hydrogen) atoms. The van der Waals surface area contributed by atoms with Crippen molar-refractivity contribution in [1.82, 2.24) is 10.2 Å². The van der Waals surface area contributed by atoms with Gasteiger partial charge in [-0.1, -0.05) is 13.3 Å². The lowest BCUT2D eigenvalue weighted by Gasteiger charge is -2.33. The van der Waals surface area contributed by atoms with Gasteiger partial charge in [-0.3, -0.25) is 4.90 Å². The first-order valence-electron chi connectivity index (χ1n) is 7.55. The van der Waals surface area contributed by atoms with E-state index in [1.807, 2.05) is 0 Å². The van der Waals surface area contributed by atoms with E-state index in [1.165, 1.54) is 12.8 Å².